The lowest BCUT2D eigenvalue weighted by Crippen LogP contribution is -2.01. The molecule has 0 radical (unpaired) electrons. The molecule has 0 N–H and O–H groups in total. The van der Waals surface area contributed by atoms with Gasteiger partial charge in [-0.2, -0.15) is 0 Å². The molecule has 0 unspecified atom stereocenters. The van der Waals surface area contributed by atoms with Crippen LogP contribution in [0.1, 0.15) is 0 Å². The van der Waals surface area contributed by atoms with Crippen molar-refractivity contribution >= 4 is 65.4 Å². The fourth-order valence-corrected chi connectivity index (χ4v) is 9.48. The van der Waals surface area contributed by atoms with E-state index in [0.29, 0.717) is 17.5 Å². The Morgan fingerprint density at radius 3 is 1.55 bits per heavy atom. The highest BCUT2D eigenvalue weighted by Crippen LogP contribution is 2.45. The molecule has 0 bridgehead atoms. The SMILES string of the molecule is c1ccc(-c2ccc(-c3nc(-c4ccc(-c5cc(-c6ccccc6)cc6oc7cc8ccccc8cc7c56)c5ccccc45)nc(-c4cccc5oc6ccccc6c45)n3)cc2)cc1. The van der Waals surface area contributed by atoms with Gasteiger partial charge in [0.1, 0.15) is 22.3 Å². The van der Waals surface area contributed by atoms with Gasteiger partial charge in [-0.25, -0.2) is 15.0 Å². The topological polar surface area (TPSA) is 65.0 Å². The van der Waals surface area contributed by atoms with Gasteiger partial charge >= 0.3 is 0 Å². The maximum atomic E-state index is 6.75. The molecule has 0 saturated carbocycles. The Labute approximate surface area is 367 Å². The lowest BCUT2D eigenvalue weighted by atomic mass is 9.90. The van der Waals surface area contributed by atoms with Crippen molar-refractivity contribution in [1.29, 1.82) is 0 Å². The summed E-state index contributed by atoms with van der Waals surface area (Å²) in [6, 6.07) is 74.0. The molecule has 64 heavy (non-hydrogen) atoms. The van der Waals surface area contributed by atoms with Crippen LogP contribution in [0.2, 0.25) is 0 Å². The van der Waals surface area contributed by atoms with E-state index in [0.717, 1.165) is 110 Å². The smallest absolute Gasteiger partial charge is 0.164 e. The van der Waals surface area contributed by atoms with E-state index in [-0.39, 0.29) is 0 Å². The molecule has 5 nitrogen and oxygen atoms in total. The molecule has 0 fully saturated rings. The molecule has 0 spiro atoms. The Bertz CT molecular complexity index is 3950. The summed E-state index contributed by atoms with van der Waals surface area (Å²) in [5.41, 5.74) is 12.7. The third kappa shape index (κ3) is 5.90. The van der Waals surface area contributed by atoms with Crippen LogP contribution >= 0.6 is 0 Å². The minimum absolute atomic E-state index is 0.576. The molecule has 3 heterocycles. The van der Waals surface area contributed by atoms with Crippen LogP contribution in [0.15, 0.2) is 221 Å². The van der Waals surface area contributed by atoms with Crippen LogP contribution in [0.3, 0.4) is 0 Å². The summed E-state index contributed by atoms with van der Waals surface area (Å²) in [6.07, 6.45) is 0. The van der Waals surface area contributed by atoms with Crippen LogP contribution in [-0.4, -0.2) is 15.0 Å². The summed E-state index contributed by atoms with van der Waals surface area (Å²) >= 11 is 0. The molecule has 13 aromatic rings. The van der Waals surface area contributed by atoms with Crippen molar-refractivity contribution in [3.05, 3.63) is 212 Å². The predicted octanol–water partition coefficient (Wildman–Crippen LogP) is 16.0. The standard InChI is InChI=1S/C59H35N3O2/c1-3-14-36(15-4-1)38-26-28-39(29-27-38)57-60-58(62-59(61-57)48-23-13-25-52-55(48)47-22-11-12-24-51(47)63-52)46-31-30-45(43-20-9-10-21-44(43)46)49-33-42(37-16-5-2-6-17-37)35-54-56(49)50-32-40-18-7-8-19-41(40)34-53(50)64-54/h1-35H. The van der Waals surface area contributed by atoms with Crippen LogP contribution in [-0.2, 0) is 0 Å². The average Bonchev–Trinajstić information content (AvgIpc) is 3.93. The quantitative estimate of drug-likeness (QED) is 0.167. The number of nitrogens with zero attached hydrogens (tertiary/aromatic N) is 3. The third-order valence-electron chi connectivity index (χ3n) is 12.5. The molecule has 0 atom stereocenters. The normalized spacial score (nSPS) is 11.8. The Morgan fingerprint density at radius 1 is 0.250 bits per heavy atom. The number of rotatable bonds is 6. The van der Waals surface area contributed by atoms with Gasteiger partial charge in [0.15, 0.2) is 17.5 Å². The van der Waals surface area contributed by atoms with Crippen molar-refractivity contribution in [2.75, 3.05) is 0 Å². The summed E-state index contributed by atoms with van der Waals surface area (Å²) in [7, 11) is 0. The summed E-state index contributed by atoms with van der Waals surface area (Å²) in [6.45, 7) is 0. The molecule has 5 heteroatoms. The van der Waals surface area contributed by atoms with Crippen molar-refractivity contribution < 1.29 is 8.83 Å². The van der Waals surface area contributed by atoms with E-state index in [9.17, 15) is 0 Å². The summed E-state index contributed by atoms with van der Waals surface area (Å²) in [5, 5.41) is 8.60. The zero-order chi connectivity index (χ0) is 42.1. The van der Waals surface area contributed by atoms with E-state index < -0.39 is 0 Å². The van der Waals surface area contributed by atoms with Gasteiger partial charge in [-0.15, -0.1) is 0 Å². The summed E-state index contributed by atoms with van der Waals surface area (Å²) in [5.74, 6) is 1.75. The minimum Gasteiger partial charge on any atom is -0.456 e. The second-order valence-corrected chi connectivity index (χ2v) is 16.3. The van der Waals surface area contributed by atoms with Gasteiger partial charge < -0.3 is 8.83 Å². The molecule has 0 aliphatic rings. The highest BCUT2D eigenvalue weighted by Gasteiger charge is 2.22. The van der Waals surface area contributed by atoms with Crippen molar-refractivity contribution in [1.82, 2.24) is 15.0 Å². The molecule has 3 aromatic heterocycles. The highest BCUT2D eigenvalue weighted by molar-refractivity contribution is 6.19. The average molecular weight is 818 g/mol. The molecule has 0 saturated heterocycles. The largest absolute Gasteiger partial charge is 0.456 e. The summed E-state index contributed by atoms with van der Waals surface area (Å²) < 4.78 is 13.1. The Morgan fingerprint density at radius 2 is 0.781 bits per heavy atom. The number of furan rings is 2. The molecule has 10 aromatic carbocycles. The lowest BCUT2D eigenvalue weighted by Gasteiger charge is -2.15. The molecule has 0 aliphatic carbocycles. The first-order valence-electron chi connectivity index (χ1n) is 21.5. The van der Waals surface area contributed by atoms with Crippen LogP contribution in [0, 0.1) is 0 Å². The second kappa shape index (κ2) is 14.5. The maximum absolute atomic E-state index is 6.75. The number of hydrogen-bond acceptors (Lipinski definition) is 5. The third-order valence-corrected chi connectivity index (χ3v) is 12.5. The zero-order valence-electron chi connectivity index (χ0n) is 34.4. The number of aromatic nitrogens is 3. The van der Waals surface area contributed by atoms with E-state index >= 15 is 0 Å². The van der Waals surface area contributed by atoms with Crippen molar-refractivity contribution in [2.24, 2.45) is 0 Å². The van der Waals surface area contributed by atoms with E-state index in [1.807, 2.05) is 36.4 Å². The monoisotopic (exact) mass is 817 g/mol. The lowest BCUT2D eigenvalue weighted by molar-refractivity contribution is 0.669. The van der Waals surface area contributed by atoms with E-state index in [1.54, 1.807) is 0 Å². The summed E-state index contributed by atoms with van der Waals surface area (Å²) in [4.78, 5) is 15.9. The number of benzene rings is 10. The first-order chi connectivity index (χ1) is 31.7. The van der Waals surface area contributed by atoms with Gasteiger partial charge in [0.2, 0.25) is 0 Å². The van der Waals surface area contributed by atoms with Crippen LogP contribution in [0.5, 0.6) is 0 Å². The van der Waals surface area contributed by atoms with Gasteiger partial charge in [-0.3, -0.25) is 0 Å². The van der Waals surface area contributed by atoms with E-state index in [4.69, 9.17) is 23.8 Å². The maximum Gasteiger partial charge on any atom is 0.164 e. The van der Waals surface area contributed by atoms with Crippen molar-refractivity contribution in [3.63, 3.8) is 0 Å². The van der Waals surface area contributed by atoms with Gasteiger partial charge in [-0.05, 0) is 97.4 Å². The first kappa shape index (κ1) is 36.0. The number of para-hydroxylation sites is 1. The highest BCUT2D eigenvalue weighted by atomic mass is 16.3. The van der Waals surface area contributed by atoms with E-state index in [2.05, 4.69) is 176 Å². The van der Waals surface area contributed by atoms with E-state index in [1.165, 1.54) is 5.39 Å². The van der Waals surface area contributed by atoms with Gasteiger partial charge in [-0.1, -0.05) is 170 Å². The Balaban J connectivity index is 1.05. The number of fused-ring (bicyclic) bond motifs is 8. The van der Waals surface area contributed by atoms with Crippen LogP contribution < -0.4 is 0 Å². The van der Waals surface area contributed by atoms with Crippen molar-refractivity contribution in [3.8, 4) is 67.5 Å². The van der Waals surface area contributed by atoms with Crippen molar-refractivity contribution in [2.45, 2.75) is 0 Å². The van der Waals surface area contributed by atoms with Gasteiger partial charge in [0, 0.05) is 38.2 Å². The predicted molar refractivity (Wildman–Crippen MR) is 262 cm³/mol. The van der Waals surface area contributed by atoms with Gasteiger partial charge in [0.25, 0.3) is 0 Å². The molecule has 13 rings (SSSR count). The van der Waals surface area contributed by atoms with Gasteiger partial charge in [0.05, 0.1) is 0 Å². The second-order valence-electron chi connectivity index (χ2n) is 16.3. The number of hydrogen-bond donors (Lipinski definition) is 0. The first-order valence-corrected chi connectivity index (χ1v) is 21.5. The molecular formula is C59H35N3O2. The fraction of sp³-hybridized carbons (Fsp3) is 0. The Hall–Kier alpha value is -8.67. The molecular weight excluding hydrogens is 783 g/mol. The minimum atomic E-state index is 0.576. The fourth-order valence-electron chi connectivity index (χ4n) is 9.48. The molecule has 0 aliphatic heterocycles. The van der Waals surface area contributed by atoms with Crippen LogP contribution in [0.4, 0.5) is 0 Å². The zero-order valence-corrected chi connectivity index (χ0v) is 34.4. The molecule has 298 valence electrons. The van der Waals surface area contributed by atoms with Crippen LogP contribution in [0.25, 0.3) is 133 Å². The Kier molecular flexibility index (Phi) is 8.15. The molecule has 0 amide bonds.